The van der Waals surface area contributed by atoms with E-state index in [1.165, 1.54) is 9.58 Å². The van der Waals surface area contributed by atoms with Crippen molar-refractivity contribution in [3.05, 3.63) is 79.9 Å². The Kier molecular flexibility index (Phi) is 6.51. The summed E-state index contributed by atoms with van der Waals surface area (Å²) in [6.07, 6.45) is 4.30. The van der Waals surface area contributed by atoms with Crippen LogP contribution in [0, 0.1) is 12.8 Å². The molecule has 2 amide bonds. The molecule has 4 rings (SSSR count). The summed E-state index contributed by atoms with van der Waals surface area (Å²) in [4.78, 5) is 41.9. The number of aromatic amines is 1. The second kappa shape index (κ2) is 9.24. The zero-order valence-electron chi connectivity index (χ0n) is 19.4. The van der Waals surface area contributed by atoms with Gasteiger partial charge in [-0.25, -0.2) is 4.68 Å². The highest BCUT2D eigenvalue weighted by Crippen LogP contribution is 2.31. The molecule has 2 aromatic heterocycles. The first-order chi connectivity index (χ1) is 16.1. The van der Waals surface area contributed by atoms with Crippen molar-refractivity contribution in [2.75, 3.05) is 6.54 Å². The first-order valence-electron chi connectivity index (χ1n) is 11.0. The molecule has 34 heavy (non-hydrogen) atoms. The Hall–Kier alpha value is -3.16. The maximum Gasteiger partial charge on any atom is 0.326 e. The molecular weight excluding hydrogens is 475 g/mol. The lowest BCUT2D eigenvalue weighted by Gasteiger charge is -2.16. The topological polar surface area (TPSA) is 79.1 Å². The van der Waals surface area contributed by atoms with Gasteiger partial charge in [0.1, 0.15) is 5.57 Å². The fourth-order valence-electron chi connectivity index (χ4n) is 4.08. The fourth-order valence-corrected chi connectivity index (χ4v) is 4.37. The summed E-state index contributed by atoms with van der Waals surface area (Å²) < 4.78 is 2.94. The van der Waals surface area contributed by atoms with Gasteiger partial charge in [-0.2, -0.15) is 4.57 Å². The molecule has 3 heterocycles. The van der Waals surface area contributed by atoms with E-state index < -0.39 is 17.4 Å². The maximum atomic E-state index is 13.6. The van der Waals surface area contributed by atoms with Crippen molar-refractivity contribution in [2.45, 2.75) is 34.1 Å². The highest BCUT2D eigenvalue weighted by atomic mass is 35.5. The molecule has 7 nitrogen and oxygen atoms in total. The van der Waals surface area contributed by atoms with E-state index in [1.807, 2.05) is 39.1 Å². The van der Waals surface area contributed by atoms with E-state index in [2.05, 4.69) is 5.10 Å². The van der Waals surface area contributed by atoms with Gasteiger partial charge in [-0.05, 0) is 43.5 Å². The van der Waals surface area contributed by atoms with Crippen LogP contribution in [0.2, 0.25) is 10.0 Å². The summed E-state index contributed by atoms with van der Waals surface area (Å²) in [7, 11) is 0. The van der Waals surface area contributed by atoms with E-state index in [9.17, 15) is 14.4 Å². The summed E-state index contributed by atoms with van der Waals surface area (Å²) in [5.74, 6) is -0.836. The van der Waals surface area contributed by atoms with Crippen LogP contribution in [0.15, 0.2) is 47.5 Å². The number of pyridine rings is 1. The van der Waals surface area contributed by atoms with Crippen molar-refractivity contribution in [3.8, 4) is 5.69 Å². The molecule has 1 N–H and O–H groups in total. The zero-order chi connectivity index (χ0) is 24.7. The molecule has 0 bridgehead atoms. The molecule has 0 spiro atoms. The second-order valence-electron chi connectivity index (χ2n) is 8.66. The van der Waals surface area contributed by atoms with Gasteiger partial charge in [0.05, 0.1) is 21.3 Å². The van der Waals surface area contributed by atoms with Gasteiger partial charge in [0.15, 0.2) is 12.4 Å². The highest BCUT2D eigenvalue weighted by Gasteiger charge is 2.47. The Labute approximate surface area is 207 Å². The number of carbonyl (C=O) groups is 2. The summed E-state index contributed by atoms with van der Waals surface area (Å²) >= 11 is 12.2. The minimum Gasteiger partial charge on any atom is -0.295 e. The SMILES string of the molecule is CCc1ccc[n+](C2=C(c3c(C)[nH]n(-c4ccc(Cl)c(Cl)c4)c3=O)C(=O)N(CC(C)C)C2=O)c1. The van der Waals surface area contributed by atoms with Crippen LogP contribution in [0.1, 0.15) is 37.6 Å². The number of nitrogens with zero attached hydrogens (tertiary/aromatic N) is 3. The lowest BCUT2D eigenvalue weighted by molar-refractivity contribution is -0.577. The molecule has 0 fully saturated rings. The summed E-state index contributed by atoms with van der Waals surface area (Å²) in [6.45, 7) is 7.83. The van der Waals surface area contributed by atoms with Crippen LogP contribution in [0.25, 0.3) is 17.0 Å². The predicted octanol–water partition coefficient (Wildman–Crippen LogP) is 4.02. The maximum absolute atomic E-state index is 13.6. The fraction of sp³-hybridized carbons (Fsp3) is 0.280. The van der Waals surface area contributed by atoms with Crippen molar-refractivity contribution >= 4 is 46.3 Å². The molecule has 0 saturated carbocycles. The average molecular weight is 500 g/mol. The lowest BCUT2D eigenvalue weighted by Crippen LogP contribution is -2.41. The standard InChI is InChI=1S/C25H24Cl2N4O3/c1-5-16-7-6-10-29(13-16)22-21(23(32)30(25(22)34)12-14(2)3)20-15(4)28-31(24(20)33)17-8-9-18(26)19(27)11-17/h6-11,13-14H,5,12H2,1-4H3/p+1. The molecular formula is C25H25Cl2N4O3+. The second-order valence-corrected chi connectivity index (χ2v) is 9.48. The number of hydrogen-bond donors (Lipinski definition) is 1. The van der Waals surface area contributed by atoms with Gasteiger partial charge in [-0.3, -0.25) is 24.4 Å². The Morgan fingerprint density at radius 2 is 1.79 bits per heavy atom. The van der Waals surface area contributed by atoms with Crippen LogP contribution in [-0.4, -0.2) is 33.0 Å². The van der Waals surface area contributed by atoms with E-state index in [0.717, 1.165) is 12.0 Å². The number of nitrogens with one attached hydrogen (secondary N) is 1. The number of rotatable bonds is 6. The van der Waals surface area contributed by atoms with Crippen LogP contribution in [0.3, 0.4) is 0 Å². The van der Waals surface area contributed by atoms with E-state index in [0.29, 0.717) is 21.4 Å². The van der Waals surface area contributed by atoms with Gasteiger partial charge in [-0.15, -0.1) is 0 Å². The van der Waals surface area contributed by atoms with Gasteiger partial charge >= 0.3 is 5.91 Å². The summed E-state index contributed by atoms with van der Waals surface area (Å²) in [5.41, 5.74) is 1.87. The molecule has 1 aliphatic rings. The molecule has 0 radical (unpaired) electrons. The molecule has 0 aliphatic carbocycles. The predicted molar refractivity (Wildman–Crippen MR) is 132 cm³/mol. The van der Waals surface area contributed by atoms with E-state index >= 15 is 0 Å². The number of benzene rings is 1. The number of H-pyrrole nitrogens is 1. The normalized spacial score (nSPS) is 14.1. The first kappa shape index (κ1) is 24.0. The quantitative estimate of drug-likeness (QED) is 0.410. The molecule has 1 aromatic carbocycles. The van der Waals surface area contributed by atoms with Gasteiger partial charge in [0.2, 0.25) is 0 Å². The van der Waals surface area contributed by atoms with Gasteiger partial charge in [0.25, 0.3) is 17.2 Å². The van der Waals surface area contributed by atoms with E-state index in [4.69, 9.17) is 23.2 Å². The molecule has 1 aliphatic heterocycles. The van der Waals surface area contributed by atoms with Crippen LogP contribution >= 0.6 is 23.2 Å². The Morgan fingerprint density at radius 3 is 2.44 bits per heavy atom. The zero-order valence-corrected chi connectivity index (χ0v) is 20.9. The largest absolute Gasteiger partial charge is 0.326 e. The molecule has 0 atom stereocenters. The molecule has 0 unspecified atom stereocenters. The number of amides is 2. The van der Waals surface area contributed by atoms with Crippen LogP contribution in [0.4, 0.5) is 0 Å². The van der Waals surface area contributed by atoms with Gasteiger partial charge in [0, 0.05) is 23.9 Å². The number of hydrogen-bond acceptors (Lipinski definition) is 3. The van der Waals surface area contributed by atoms with Crippen LogP contribution in [0.5, 0.6) is 0 Å². The number of imide groups is 1. The number of halogens is 2. The van der Waals surface area contributed by atoms with E-state index in [1.54, 1.807) is 35.9 Å². The molecule has 9 heteroatoms. The molecule has 176 valence electrons. The molecule has 3 aromatic rings. The number of carbonyl (C=O) groups excluding carboxylic acids is 2. The van der Waals surface area contributed by atoms with Crippen molar-refractivity contribution in [1.82, 2.24) is 14.7 Å². The number of aromatic nitrogens is 3. The van der Waals surface area contributed by atoms with Crippen LogP contribution < -0.4 is 10.1 Å². The van der Waals surface area contributed by atoms with Crippen molar-refractivity contribution < 1.29 is 14.2 Å². The smallest absolute Gasteiger partial charge is 0.295 e. The summed E-state index contributed by atoms with van der Waals surface area (Å²) in [5, 5.41) is 3.67. The first-order valence-corrected chi connectivity index (χ1v) is 11.8. The minimum atomic E-state index is -0.483. The van der Waals surface area contributed by atoms with E-state index in [-0.39, 0.29) is 29.3 Å². The Balaban J connectivity index is 1.97. The van der Waals surface area contributed by atoms with Crippen molar-refractivity contribution in [2.24, 2.45) is 5.92 Å². The third kappa shape index (κ3) is 4.10. The van der Waals surface area contributed by atoms with Crippen molar-refractivity contribution in [1.29, 1.82) is 0 Å². The monoisotopic (exact) mass is 499 g/mol. The Bertz CT molecular complexity index is 1400. The highest BCUT2D eigenvalue weighted by molar-refractivity contribution is 6.44. The van der Waals surface area contributed by atoms with Crippen molar-refractivity contribution in [3.63, 3.8) is 0 Å². The molecule has 0 saturated heterocycles. The lowest BCUT2D eigenvalue weighted by atomic mass is 10.1. The summed E-state index contributed by atoms with van der Waals surface area (Å²) in [6, 6.07) is 8.57. The minimum absolute atomic E-state index is 0.0701. The third-order valence-electron chi connectivity index (χ3n) is 5.70. The van der Waals surface area contributed by atoms with Crippen LogP contribution in [-0.2, 0) is 16.0 Å². The number of aryl methyl sites for hydroxylation is 2. The van der Waals surface area contributed by atoms with Gasteiger partial charge in [-0.1, -0.05) is 44.0 Å². The Morgan fingerprint density at radius 1 is 1.06 bits per heavy atom. The van der Waals surface area contributed by atoms with Gasteiger partial charge < -0.3 is 0 Å². The average Bonchev–Trinajstić information content (AvgIpc) is 3.22. The third-order valence-corrected chi connectivity index (χ3v) is 6.44.